The molecule has 2 amide bonds. The largest absolute Gasteiger partial charge is 0.497 e. The van der Waals surface area contributed by atoms with Crippen LogP contribution in [0.25, 0.3) is 0 Å². The molecule has 0 spiro atoms. The topological polar surface area (TPSA) is 74.7 Å². The van der Waals surface area contributed by atoms with E-state index in [1.807, 2.05) is 38.1 Å². The standard InChI is InChI=1S/C28H36N4O4/c1-4-27(33)31(14-13-30-15-17-36-18-16-30)20-28(34)32-26(23-7-5-21(2)6-8-23)19-25(29-32)22-9-11-24(35-3)12-10-22/h5-12,26H,4,13-20H2,1-3H3/t26-/m1/s1. The molecule has 0 aromatic heterocycles. The van der Waals surface area contributed by atoms with E-state index in [0.717, 1.165) is 47.8 Å². The monoisotopic (exact) mass is 492 g/mol. The van der Waals surface area contributed by atoms with Crippen molar-refractivity contribution in [1.82, 2.24) is 14.8 Å². The van der Waals surface area contributed by atoms with E-state index in [4.69, 9.17) is 14.6 Å². The highest BCUT2D eigenvalue weighted by molar-refractivity contribution is 6.03. The number of hydrogen-bond donors (Lipinski definition) is 0. The third-order valence-corrected chi connectivity index (χ3v) is 6.82. The maximum Gasteiger partial charge on any atom is 0.262 e. The fourth-order valence-corrected chi connectivity index (χ4v) is 4.58. The molecule has 0 N–H and O–H groups in total. The Labute approximate surface area is 213 Å². The van der Waals surface area contributed by atoms with Gasteiger partial charge in [-0.1, -0.05) is 36.8 Å². The third-order valence-electron chi connectivity index (χ3n) is 6.82. The molecule has 1 atom stereocenters. The van der Waals surface area contributed by atoms with Crippen molar-refractivity contribution in [3.05, 3.63) is 65.2 Å². The summed E-state index contributed by atoms with van der Waals surface area (Å²) in [4.78, 5) is 30.3. The summed E-state index contributed by atoms with van der Waals surface area (Å²) in [5.41, 5.74) is 3.99. The van der Waals surface area contributed by atoms with E-state index in [0.29, 0.717) is 32.6 Å². The van der Waals surface area contributed by atoms with Crippen LogP contribution in [-0.2, 0) is 14.3 Å². The summed E-state index contributed by atoms with van der Waals surface area (Å²) in [5, 5.41) is 6.36. The average Bonchev–Trinajstić information content (AvgIpc) is 3.37. The van der Waals surface area contributed by atoms with Crippen molar-refractivity contribution in [3.8, 4) is 5.75 Å². The maximum absolute atomic E-state index is 13.6. The number of benzene rings is 2. The molecule has 0 saturated carbocycles. The highest BCUT2D eigenvalue weighted by Crippen LogP contribution is 2.33. The van der Waals surface area contributed by atoms with Crippen molar-refractivity contribution >= 4 is 17.5 Å². The number of amides is 2. The predicted octanol–water partition coefficient (Wildman–Crippen LogP) is 3.25. The van der Waals surface area contributed by atoms with Crippen LogP contribution in [0, 0.1) is 6.92 Å². The second kappa shape index (κ2) is 12.1. The quantitative estimate of drug-likeness (QED) is 0.537. The number of ether oxygens (including phenoxy) is 2. The molecule has 0 radical (unpaired) electrons. The van der Waals surface area contributed by atoms with E-state index in [9.17, 15) is 9.59 Å². The lowest BCUT2D eigenvalue weighted by Crippen LogP contribution is -2.46. The molecule has 2 aromatic carbocycles. The number of carbonyl (C=O) groups is 2. The van der Waals surface area contributed by atoms with Crippen LogP contribution in [0.3, 0.4) is 0 Å². The van der Waals surface area contributed by atoms with Crippen molar-refractivity contribution < 1.29 is 19.1 Å². The first-order valence-corrected chi connectivity index (χ1v) is 12.7. The van der Waals surface area contributed by atoms with E-state index in [-0.39, 0.29) is 24.4 Å². The Morgan fingerprint density at radius 1 is 1.08 bits per heavy atom. The highest BCUT2D eigenvalue weighted by atomic mass is 16.5. The average molecular weight is 493 g/mol. The van der Waals surface area contributed by atoms with Crippen LogP contribution in [0.1, 0.15) is 42.5 Å². The molecule has 1 fully saturated rings. The molecule has 1 saturated heterocycles. The van der Waals surface area contributed by atoms with Gasteiger partial charge in [-0.3, -0.25) is 14.5 Å². The van der Waals surface area contributed by atoms with Crippen molar-refractivity contribution in [2.24, 2.45) is 5.10 Å². The minimum absolute atomic E-state index is 0.0127. The number of carbonyl (C=O) groups excluding carboxylic acids is 2. The molecular weight excluding hydrogens is 456 g/mol. The van der Waals surface area contributed by atoms with E-state index < -0.39 is 0 Å². The van der Waals surface area contributed by atoms with Gasteiger partial charge in [-0.15, -0.1) is 0 Å². The van der Waals surface area contributed by atoms with Crippen molar-refractivity contribution in [3.63, 3.8) is 0 Å². The zero-order valence-corrected chi connectivity index (χ0v) is 21.5. The summed E-state index contributed by atoms with van der Waals surface area (Å²) in [5.74, 6) is 0.573. The molecule has 2 aliphatic heterocycles. The Balaban J connectivity index is 1.54. The van der Waals surface area contributed by atoms with Gasteiger partial charge in [0.2, 0.25) is 5.91 Å². The normalized spacial score (nSPS) is 18.1. The number of hydrazone groups is 1. The first kappa shape index (κ1) is 25.9. The Morgan fingerprint density at radius 2 is 1.78 bits per heavy atom. The first-order chi connectivity index (χ1) is 17.5. The minimum atomic E-state index is -0.215. The van der Waals surface area contributed by atoms with Gasteiger partial charge >= 0.3 is 0 Å². The molecule has 8 nitrogen and oxygen atoms in total. The number of methoxy groups -OCH3 is 1. The summed E-state index contributed by atoms with van der Waals surface area (Å²) < 4.78 is 10.7. The number of morpholine rings is 1. The van der Waals surface area contributed by atoms with Crippen LogP contribution in [0.4, 0.5) is 0 Å². The lowest BCUT2D eigenvalue weighted by molar-refractivity contribution is -0.141. The number of aryl methyl sites for hydroxylation is 1. The summed E-state index contributed by atoms with van der Waals surface area (Å²) in [6, 6.07) is 15.7. The summed E-state index contributed by atoms with van der Waals surface area (Å²) in [6.07, 6.45) is 0.967. The second-order valence-corrected chi connectivity index (χ2v) is 9.27. The van der Waals surface area contributed by atoms with E-state index in [2.05, 4.69) is 29.2 Å². The van der Waals surface area contributed by atoms with Gasteiger partial charge in [0.25, 0.3) is 5.91 Å². The van der Waals surface area contributed by atoms with Crippen LogP contribution < -0.4 is 4.74 Å². The van der Waals surface area contributed by atoms with Gasteiger partial charge in [-0.25, -0.2) is 5.01 Å². The number of hydrogen-bond acceptors (Lipinski definition) is 6. The molecule has 2 heterocycles. The molecule has 0 bridgehead atoms. The summed E-state index contributed by atoms with van der Waals surface area (Å²) in [6.45, 7) is 8.23. The van der Waals surface area contributed by atoms with Gasteiger partial charge in [-0.2, -0.15) is 5.10 Å². The SMILES string of the molecule is CCC(=O)N(CCN1CCOCC1)CC(=O)N1N=C(c2ccc(OC)cc2)C[C@@H]1c1ccc(C)cc1. The van der Waals surface area contributed by atoms with Crippen molar-refractivity contribution in [2.75, 3.05) is 53.0 Å². The molecule has 4 rings (SSSR count). The molecule has 36 heavy (non-hydrogen) atoms. The number of rotatable bonds is 9. The van der Waals surface area contributed by atoms with Crippen molar-refractivity contribution in [1.29, 1.82) is 0 Å². The third kappa shape index (κ3) is 6.30. The second-order valence-electron chi connectivity index (χ2n) is 9.27. The fourth-order valence-electron chi connectivity index (χ4n) is 4.58. The van der Waals surface area contributed by atoms with Crippen LogP contribution >= 0.6 is 0 Å². The van der Waals surface area contributed by atoms with Gasteiger partial charge in [-0.05, 0) is 42.3 Å². The molecule has 0 aliphatic carbocycles. The maximum atomic E-state index is 13.6. The fraction of sp³-hybridized carbons (Fsp3) is 0.464. The Bertz CT molecular complexity index is 1060. The van der Waals surface area contributed by atoms with E-state index in [1.54, 1.807) is 17.0 Å². The van der Waals surface area contributed by atoms with Gasteiger partial charge in [0.05, 0.1) is 32.1 Å². The molecule has 192 valence electrons. The smallest absolute Gasteiger partial charge is 0.262 e. The van der Waals surface area contributed by atoms with Gasteiger partial charge in [0, 0.05) is 39.0 Å². The van der Waals surface area contributed by atoms with Gasteiger partial charge < -0.3 is 14.4 Å². The molecule has 0 unspecified atom stereocenters. The zero-order chi connectivity index (χ0) is 25.5. The number of nitrogens with zero attached hydrogens (tertiary/aromatic N) is 4. The molecule has 8 heteroatoms. The predicted molar refractivity (Wildman–Crippen MR) is 139 cm³/mol. The Morgan fingerprint density at radius 3 is 2.42 bits per heavy atom. The summed E-state index contributed by atoms with van der Waals surface area (Å²) >= 11 is 0. The van der Waals surface area contributed by atoms with Crippen LogP contribution in [-0.4, -0.2) is 85.4 Å². The van der Waals surface area contributed by atoms with Crippen LogP contribution in [0.2, 0.25) is 0 Å². The van der Waals surface area contributed by atoms with Crippen LogP contribution in [0.5, 0.6) is 5.75 Å². The van der Waals surface area contributed by atoms with Crippen LogP contribution in [0.15, 0.2) is 53.6 Å². The minimum Gasteiger partial charge on any atom is -0.497 e. The molecular formula is C28H36N4O4. The van der Waals surface area contributed by atoms with E-state index in [1.165, 1.54) is 0 Å². The van der Waals surface area contributed by atoms with Gasteiger partial charge in [0.1, 0.15) is 12.3 Å². The van der Waals surface area contributed by atoms with Crippen molar-refractivity contribution in [2.45, 2.75) is 32.7 Å². The summed E-state index contributed by atoms with van der Waals surface area (Å²) in [7, 11) is 1.64. The Kier molecular flexibility index (Phi) is 8.72. The highest BCUT2D eigenvalue weighted by Gasteiger charge is 2.34. The molecule has 2 aromatic rings. The first-order valence-electron chi connectivity index (χ1n) is 12.7. The lowest BCUT2D eigenvalue weighted by atomic mass is 9.97. The molecule has 2 aliphatic rings. The zero-order valence-electron chi connectivity index (χ0n) is 21.5. The van der Waals surface area contributed by atoms with Gasteiger partial charge in [0.15, 0.2) is 0 Å². The van der Waals surface area contributed by atoms with E-state index >= 15 is 0 Å². The Hall–Kier alpha value is -3.23. The lowest BCUT2D eigenvalue weighted by Gasteiger charge is -2.31.